The summed E-state index contributed by atoms with van der Waals surface area (Å²) in [7, 11) is -1.60. The van der Waals surface area contributed by atoms with Crippen LogP contribution in [0.3, 0.4) is 0 Å². The van der Waals surface area contributed by atoms with Crippen molar-refractivity contribution >= 4 is 32.7 Å². The molecule has 0 saturated carbocycles. The lowest BCUT2D eigenvalue weighted by atomic mass is 10.2. The molecule has 1 atom stereocenters. The van der Waals surface area contributed by atoms with E-state index in [-0.39, 0.29) is 10.6 Å². The van der Waals surface area contributed by atoms with Gasteiger partial charge in [-0.1, -0.05) is 15.9 Å². The summed E-state index contributed by atoms with van der Waals surface area (Å²) in [5.41, 5.74) is -0.0531. The molecule has 0 aliphatic rings. The van der Waals surface area contributed by atoms with Gasteiger partial charge in [0.15, 0.2) is 0 Å². The van der Waals surface area contributed by atoms with Gasteiger partial charge in [-0.2, -0.15) is 0 Å². The largest absolute Gasteiger partial charge is 0.478 e. The second kappa shape index (κ2) is 6.44. The lowest BCUT2D eigenvalue weighted by Crippen LogP contribution is -2.04. The van der Waals surface area contributed by atoms with E-state index in [1.165, 1.54) is 18.2 Å². The summed E-state index contributed by atoms with van der Waals surface area (Å²) in [6, 6.07) is 7.37. The highest BCUT2D eigenvalue weighted by atomic mass is 79.9. The Morgan fingerprint density at radius 2 is 1.90 bits per heavy atom. The molecule has 0 bridgehead atoms. The van der Waals surface area contributed by atoms with Gasteiger partial charge in [-0.05, 0) is 42.0 Å². The Balaban J connectivity index is 2.28. The molecular formula is C14H9BrF2O3S. The van der Waals surface area contributed by atoms with E-state index in [9.17, 15) is 17.8 Å². The van der Waals surface area contributed by atoms with Crippen molar-refractivity contribution in [3.05, 3.63) is 63.6 Å². The number of hydrogen-bond donors (Lipinski definition) is 1. The summed E-state index contributed by atoms with van der Waals surface area (Å²) >= 11 is 3.13. The molecule has 0 aromatic heterocycles. The van der Waals surface area contributed by atoms with Gasteiger partial charge in [0.2, 0.25) is 0 Å². The number of carboxylic acids is 1. The monoisotopic (exact) mass is 374 g/mol. The van der Waals surface area contributed by atoms with Gasteiger partial charge in [0.05, 0.1) is 22.1 Å². The molecule has 0 aliphatic carbocycles. The van der Waals surface area contributed by atoms with Crippen molar-refractivity contribution in [2.45, 2.75) is 10.6 Å². The lowest BCUT2D eigenvalue weighted by molar-refractivity contribution is 0.0691. The molecule has 1 unspecified atom stereocenters. The molecule has 2 aromatic rings. The SMILES string of the molecule is O=C(O)c1cc(S(=O)Cc2cc(F)cc(Br)c2)ccc1F. The number of rotatable bonds is 4. The zero-order valence-corrected chi connectivity index (χ0v) is 12.9. The van der Waals surface area contributed by atoms with Crippen LogP contribution in [-0.4, -0.2) is 15.3 Å². The molecule has 0 fully saturated rings. The maximum Gasteiger partial charge on any atom is 0.338 e. The predicted octanol–water partition coefficient (Wildman–Crippen LogP) is 3.73. The highest BCUT2D eigenvalue weighted by molar-refractivity contribution is 9.10. The van der Waals surface area contributed by atoms with E-state index < -0.39 is 34.0 Å². The summed E-state index contributed by atoms with van der Waals surface area (Å²) < 4.78 is 39.2. The fraction of sp³-hybridized carbons (Fsp3) is 0.0714. The molecule has 0 radical (unpaired) electrons. The molecule has 0 heterocycles. The minimum Gasteiger partial charge on any atom is -0.478 e. The second-order valence-corrected chi connectivity index (χ2v) is 6.58. The van der Waals surface area contributed by atoms with Crippen LogP contribution in [0, 0.1) is 11.6 Å². The van der Waals surface area contributed by atoms with Crippen LogP contribution in [-0.2, 0) is 16.6 Å². The molecule has 2 rings (SSSR count). The quantitative estimate of drug-likeness (QED) is 0.886. The summed E-state index contributed by atoms with van der Waals surface area (Å²) in [5, 5.41) is 8.84. The highest BCUT2D eigenvalue weighted by Gasteiger charge is 2.14. The van der Waals surface area contributed by atoms with Gasteiger partial charge in [-0.25, -0.2) is 13.6 Å². The van der Waals surface area contributed by atoms with E-state index in [4.69, 9.17) is 5.11 Å². The Bertz CT molecular complexity index is 714. The summed E-state index contributed by atoms with van der Waals surface area (Å²) in [5.74, 6) is -2.79. The topological polar surface area (TPSA) is 54.4 Å². The molecule has 3 nitrogen and oxygen atoms in total. The molecule has 1 N–H and O–H groups in total. The van der Waals surface area contributed by atoms with Crippen LogP contribution in [0.5, 0.6) is 0 Å². The Labute approximate surface area is 130 Å². The lowest BCUT2D eigenvalue weighted by Gasteiger charge is -2.05. The van der Waals surface area contributed by atoms with E-state index in [0.29, 0.717) is 10.0 Å². The van der Waals surface area contributed by atoms with Crippen molar-refractivity contribution in [3.63, 3.8) is 0 Å². The maximum atomic E-state index is 13.3. The average molecular weight is 375 g/mol. The summed E-state index contributed by atoms with van der Waals surface area (Å²) in [6.45, 7) is 0. The maximum absolute atomic E-state index is 13.3. The van der Waals surface area contributed by atoms with Crippen molar-refractivity contribution in [1.29, 1.82) is 0 Å². The van der Waals surface area contributed by atoms with Crippen molar-refractivity contribution in [3.8, 4) is 0 Å². The third-order valence-corrected chi connectivity index (χ3v) is 4.48. The Hall–Kier alpha value is -1.60. The molecule has 0 aliphatic heterocycles. The molecule has 7 heteroatoms. The van der Waals surface area contributed by atoms with Gasteiger partial charge in [0.25, 0.3) is 0 Å². The molecule has 0 spiro atoms. The van der Waals surface area contributed by atoms with Crippen molar-refractivity contribution in [1.82, 2.24) is 0 Å². The van der Waals surface area contributed by atoms with Crippen LogP contribution in [0.15, 0.2) is 45.8 Å². The first-order valence-corrected chi connectivity index (χ1v) is 7.84. The zero-order valence-electron chi connectivity index (χ0n) is 10.5. The van der Waals surface area contributed by atoms with Crippen LogP contribution in [0.2, 0.25) is 0 Å². The van der Waals surface area contributed by atoms with Gasteiger partial charge in [0, 0.05) is 9.37 Å². The Kier molecular flexibility index (Phi) is 4.84. The van der Waals surface area contributed by atoms with Crippen molar-refractivity contribution < 1.29 is 22.9 Å². The smallest absolute Gasteiger partial charge is 0.338 e. The molecule has 21 heavy (non-hydrogen) atoms. The fourth-order valence-electron chi connectivity index (χ4n) is 1.74. The molecule has 0 saturated heterocycles. The summed E-state index contributed by atoms with van der Waals surface area (Å²) in [4.78, 5) is 11.0. The van der Waals surface area contributed by atoms with Crippen molar-refractivity contribution in [2.24, 2.45) is 0 Å². The number of aromatic carboxylic acids is 1. The van der Waals surface area contributed by atoms with Crippen LogP contribution < -0.4 is 0 Å². The van der Waals surface area contributed by atoms with Crippen molar-refractivity contribution in [2.75, 3.05) is 0 Å². The minimum absolute atomic E-state index is 0.00104. The van der Waals surface area contributed by atoms with E-state index in [2.05, 4.69) is 15.9 Å². The fourth-order valence-corrected chi connectivity index (χ4v) is 3.36. The second-order valence-electron chi connectivity index (χ2n) is 4.21. The number of carbonyl (C=O) groups is 1. The van der Waals surface area contributed by atoms with Crippen LogP contribution in [0.25, 0.3) is 0 Å². The van der Waals surface area contributed by atoms with Gasteiger partial charge < -0.3 is 5.11 Å². The first-order chi connectivity index (χ1) is 9.86. The normalized spacial score (nSPS) is 12.1. The molecule has 110 valence electrons. The van der Waals surface area contributed by atoms with Crippen LogP contribution in [0.1, 0.15) is 15.9 Å². The van der Waals surface area contributed by atoms with Crippen LogP contribution in [0.4, 0.5) is 8.78 Å². The third kappa shape index (κ3) is 3.95. The standard InChI is InChI=1S/C14H9BrF2O3S/c15-9-3-8(4-10(16)5-9)7-21(20)11-1-2-13(17)12(6-11)14(18)19/h1-6H,7H2,(H,18,19). The van der Waals surface area contributed by atoms with Gasteiger partial charge in [0.1, 0.15) is 11.6 Å². The molecular weight excluding hydrogens is 366 g/mol. The number of carboxylic acid groups (broad SMARTS) is 1. The highest BCUT2D eigenvalue weighted by Crippen LogP contribution is 2.20. The van der Waals surface area contributed by atoms with E-state index in [1.54, 1.807) is 6.07 Å². The Morgan fingerprint density at radius 3 is 2.52 bits per heavy atom. The third-order valence-electron chi connectivity index (χ3n) is 2.65. The van der Waals surface area contributed by atoms with Gasteiger partial charge in [-0.15, -0.1) is 0 Å². The first kappa shape index (κ1) is 15.8. The van der Waals surface area contributed by atoms with E-state index >= 15 is 0 Å². The predicted molar refractivity (Wildman–Crippen MR) is 77.6 cm³/mol. The molecule has 0 amide bonds. The van der Waals surface area contributed by atoms with E-state index in [0.717, 1.165) is 12.1 Å². The summed E-state index contributed by atoms with van der Waals surface area (Å²) in [6.07, 6.45) is 0. The van der Waals surface area contributed by atoms with Gasteiger partial charge >= 0.3 is 5.97 Å². The van der Waals surface area contributed by atoms with Gasteiger partial charge in [-0.3, -0.25) is 4.21 Å². The Morgan fingerprint density at radius 1 is 1.19 bits per heavy atom. The zero-order chi connectivity index (χ0) is 15.6. The minimum atomic E-state index is -1.60. The number of halogens is 3. The van der Waals surface area contributed by atoms with E-state index in [1.807, 2.05) is 0 Å². The number of hydrogen-bond acceptors (Lipinski definition) is 2. The average Bonchev–Trinajstić information content (AvgIpc) is 2.37. The first-order valence-electron chi connectivity index (χ1n) is 5.73. The molecule has 2 aromatic carbocycles. The van der Waals surface area contributed by atoms with Crippen LogP contribution >= 0.6 is 15.9 Å². The number of benzene rings is 2.